The van der Waals surface area contributed by atoms with Crippen LogP contribution in [0.15, 0.2) is 36.4 Å². The molecule has 2 nitrogen and oxygen atoms in total. The lowest BCUT2D eigenvalue weighted by atomic mass is 10.1. The quantitative estimate of drug-likeness (QED) is 0.869. The summed E-state index contributed by atoms with van der Waals surface area (Å²) in [4.78, 5) is 12.1. The molecule has 0 fully saturated rings. The van der Waals surface area contributed by atoms with Crippen molar-refractivity contribution in [2.24, 2.45) is 0 Å². The Morgan fingerprint density at radius 3 is 2.58 bits per heavy atom. The monoisotopic (exact) mass is 277 g/mol. The first kappa shape index (κ1) is 13.6. The number of hydrogen-bond donors (Lipinski definition) is 1. The van der Waals surface area contributed by atoms with E-state index in [4.69, 9.17) is 11.6 Å². The summed E-state index contributed by atoms with van der Waals surface area (Å²) in [5.74, 6) is -0.980. The summed E-state index contributed by atoms with van der Waals surface area (Å²) in [6.07, 6.45) is 0. The van der Waals surface area contributed by atoms with Crippen molar-refractivity contribution in [2.45, 2.75) is 13.8 Å². The number of carbonyl (C=O) groups is 1. The standard InChI is InChI=1S/C15H13ClFNO/c1-9-5-3-6-11(14(9)17)15(19)18-13-8-4-7-12(16)10(13)2/h3-8H,1-2H3,(H,18,19). The zero-order valence-electron chi connectivity index (χ0n) is 10.6. The van der Waals surface area contributed by atoms with Gasteiger partial charge in [0.05, 0.1) is 5.56 Å². The number of halogens is 2. The smallest absolute Gasteiger partial charge is 0.258 e. The Labute approximate surface area is 116 Å². The Morgan fingerprint density at radius 2 is 1.84 bits per heavy atom. The van der Waals surface area contributed by atoms with Crippen LogP contribution in [-0.4, -0.2) is 5.91 Å². The average molecular weight is 278 g/mol. The molecule has 2 aromatic carbocycles. The second-order valence-electron chi connectivity index (χ2n) is 4.30. The van der Waals surface area contributed by atoms with Gasteiger partial charge in [-0.3, -0.25) is 4.79 Å². The number of hydrogen-bond acceptors (Lipinski definition) is 1. The van der Waals surface area contributed by atoms with Crippen LogP contribution < -0.4 is 5.32 Å². The van der Waals surface area contributed by atoms with Crippen molar-refractivity contribution < 1.29 is 9.18 Å². The fourth-order valence-electron chi connectivity index (χ4n) is 1.76. The number of rotatable bonds is 2. The van der Waals surface area contributed by atoms with Crippen molar-refractivity contribution in [3.05, 3.63) is 63.9 Å². The molecule has 0 bridgehead atoms. The zero-order valence-corrected chi connectivity index (χ0v) is 11.4. The van der Waals surface area contributed by atoms with E-state index in [2.05, 4.69) is 5.32 Å². The molecule has 0 aromatic heterocycles. The van der Waals surface area contributed by atoms with Gasteiger partial charge in [-0.05, 0) is 43.2 Å². The van der Waals surface area contributed by atoms with Crippen LogP contribution in [0.2, 0.25) is 5.02 Å². The highest BCUT2D eigenvalue weighted by atomic mass is 35.5. The Balaban J connectivity index is 2.31. The summed E-state index contributed by atoms with van der Waals surface area (Å²) >= 11 is 5.97. The molecule has 0 aliphatic rings. The van der Waals surface area contributed by atoms with Crippen LogP contribution in [-0.2, 0) is 0 Å². The van der Waals surface area contributed by atoms with Gasteiger partial charge in [-0.25, -0.2) is 4.39 Å². The van der Waals surface area contributed by atoms with Crippen LogP contribution in [0, 0.1) is 19.7 Å². The van der Waals surface area contributed by atoms with Gasteiger partial charge in [-0.2, -0.15) is 0 Å². The number of nitrogens with one attached hydrogen (secondary N) is 1. The van der Waals surface area contributed by atoms with Crippen molar-refractivity contribution in [1.82, 2.24) is 0 Å². The lowest BCUT2D eigenvalue weighted by molar-refractivity contribution is 0.102. The summed E-state index contributed by atoms with van der Waals surface area (Å²) in [6, 6.07) is 9.93. The van der Waals surface area contributed by atoms with Crippen LogP contribution >= 0.6 is 11.6 Å². The second kappa shape index (κ2) is 5.41. The highest BCUT2D eigenvalue weighted by molar-refractivity contribution is 6.31. The maximum Gasteiger partial charge on any atom is 0.258 e. The summed E-state index contributed by atoms with van der Waals surface area (Å²) in [6.45, 7) is 3.42. The molecule has 0 aliphatic carbocycles. The molecule has 0 spiro atoms. The molecular formula is C15H13ClFNO. The molecule has 0 radical (unpaired) electrons. The Kier molecular flexibility index (Phi) is 3.86. The van der Waals surface area contributed by atoms with Gasteiger partial charge in [0.15, 0.2) is 0 Å². The van der Waals surface area contributed by atoms with Gasteiger partial charge in [0, 0.05) is 10.7 Å². The van der Waals surface area contributed by atoms with Crippen molar-refractivity contribution in [1.29, 1.82) is 0 Å². The van der Waals surface area contributed by atoms with Gasteiger partial charge in [0.25, 0.3) is 5.91 Å². The fourth-order valence-corrected chi connectivity index (χ4v) is 1.93. The third-order valence-corrected chi connectivity index (χ3v) is 3.36. The maximum absolute atomic E-state index is 13.8. The molecule has 1 amide bonds. The third kappa shape index (κ3) is 2.76. The number of benzene rings is 2. The van der Waals surface area contributed by atoms with Crippen molar-refractivity contribution in [3.63, 3.8) is 0 Å². The van der Waals surface area contributed by atoms with Crippen LogP contribution in [0.3, 0.4) is 0 Å². The molecule has 0 saturated heterocycles. The van der Waals surface area contributed by atoms with E-state index in [1.807, 2.05) is 0 Å². The zero-order chi connectivity index (χ0) is 14.0. The van der Waals surface area contributed by atoms with E-state index in [9.17, 15) is 9.18 Å². The predicted octanol–water partition coefficient (Wildman–Crippen LogP) is 4.35. The minimum Gasteiger partial charge on any atom is -0.322 e. The molecule has 19 heavy (non-hydrogen) atoms. The molecule has 2 aromatic rings. The van der Waals surface area contributed by atoms with Gasteiger partial charge < -0.3 is 5.32 Å². The van der Waals surface area contributed by atoms with Gasteiger partial charge in [-0.1, -0.05) is 29.8 Å². The van der Waals surface area contributed by atoms with E-state index in [-0.39, 0.29) is 5.56 Å². The molecule has 4 heteroatoms. The molecule has 0 aliphatic heterocycles. The summed E-state index contributed by atoms with van der Waals surface area (Å²) < 4.78 is 13.8. The number of carbonyl (C=O) groups excluding carboxylic acids is 1. The number of anilines is 1. The molecule has 1 N–H and O–H groups in total. The maximum atomic E-state index is 13.8. The van der Waals surface area contributed by atoms with Gasteiger partial charge >= 0.3 is 0 Å². The van der Waals surface area contributed by atoms with E-state index in [1.54, 1.807) is 44.2 Å². The van der Waals surface area contributed by atoms with Crippen LogP contribution in [0.25, 0.3) is 0 Å². The van der Waals surface area contributed by atoms with E-state index >= 15 is 0 Å². The molecule has 0 heterocycles. The van der Waals surface area contributed by atoms with Crippen molar-refractivity contribution in [2.75, 3.05) is 5.32 Å². The van der Waals surface area contributed by atoms with Crippen LogP contribution in [0.1, 0.15) is 21.5 Å². The van der Waals surface area contributed by atoms with E-state index in [0.717, 1.165) is 5.56 Å². The largest absolute Gasteiger partial charge is 0.322 e. The average Bonchev–Trinajstić information content (AvgIpc) is 2.38. The highest BCUT2D eigenvalue weighted by Gasteiger charge is 2.14. The molecule has 0 unspecified atom stereocenters. The third-order valence-electron chi connectivity index (χ3n) is 2.95. The minimum atomic E-state index is -0.500. The Hall–Kier alpha value is -1.87. The first-order valence-corrected chi connectivity index (χ1v) is 6.20. The SMILES string of the molecule is Cc1cccc(C(=O)Nc2cccc(Cl)c2C)c1F. The molecule has 2 rings (SSSR count). The topological polar surface area (TPSA) is 29.1 Å². The lowest BCUT2D eigenvalue weighted by Crippen LogP contribution is -2.15. The Bertz CT molecular complexity index is 640. The van der Waals surface area contributed by atoms with Crippen molar-refractivity contribution in [3.8, 4) is 0 Å². The van der Waals surface area contributed by atoms with Crippen LogP contribution in [0.5, 0.6) is 0 Å². The van der Waals surface area contributed by atoms with Gasteiger partial charge in [0.2, 0.25) is 0 Å². The summed E-state index contributed by atoms with van der Waals surface area (Å²) in [5.41, 5.74) is 1.80. The minimum absolute atomic E-state index is 0.0272. The van der Waals surface area contributed by atoms with Gasteiger partial charge in [0.1, 0.15) is 5.82 Å². The van der Waals surface area contributed by atoms with Crippen LogP contribution in [0.4, 0.5) is 10.1 Å². The molecule has 98 valence electrons. The number of amides is 1. The Morgan fingerprint density at radius 1 is 1.16 bits per heavy atom. The van der Waals surface area contributed by atoms with E-state index < -0.39 is 11.7 Å². The highest BCUT2D eigenvalue weighted by Crippen LogP contribution is 2.24. The molecule has 0 saturated carbocycles. The lowest BCUT2D eigenvalue weighted by Gasteiger charge is -2.10. The first-order valence-electron chi connectivity index (χ1n) is 5.82. The first-order chi connectivity index (χ1) is 9.00. The summed E-state index contributed by atoms with van der Waals surface area (Å²) in [7, 11) is 0. The second-order valence-corrected chi connectivity index (χ2v) is 4.71. The van der Waals surface area contributed by atoms with Gasteiger partial charge in [-0.15, -0.1) is 0 Å². The summed E-state index contributed by atoms with van der Waals surface area (Å²) in [5, 5.41) is 3.23. The van der Waals surface area contributed by atoms with Crippen molar-refractivity contribution >= 4 is 23.2 Å². The number of aryl methyl sites for hydroxylation is 1. The predicted molar refractivity (Wildman–Crippen MR) is 75.3 cm³/mol. The fraction of sp³-hybridized carbons (Fsp3) is 0.133. The van der Waals surface area contributed by atoms with E-state index in [1.165, 1.54) is 6.07 Å². The molecule has 0 atom stereocenters. The normalized spacial score (nSPS) is 10.3. The molecular weight excluding hydrogens is 265 g/mol. The van der Waals surface area contributed by atoms with E-state index in [0.29, 0.717) is 16.3 Å².